The number of nitro benzene ring substituents is 1. The molecular weight excluding hydrogens is 324 g/mol. The van der Waals surface area contributed by atoms with E-state index in [4.69, 9.17) is 4.74 Å². The number of aromatic nitrogens is 4. The normalized spacial score (nSPS) is 10.3. The number of aryl methyl sites for hydroxylation is 1. The maximum Gasteiger partial charge on any atom is 0.296 e. The van der Waals surface area contributed by atoms with Crippen molar-refractivity contribution in [2.45, 2.75) is 12.1 Å². The standard InChI is InChI=1S/C12H14N6O4S/c1-3-22-8-4-5-9(10(6-8)18(20)21)13-11(19)7-23-12-14-15-16-17(12)2/h4-6H,3,7H2,1-2H3,(H,13,19). The van der Waals surface area contributed by atoms with Crippen LogP contribution in [0.2, 0.25) is 0 Å². The summed E-state index contributed by atoms with van der Waals surface area (Å²) in [6.45, 7) is 2.17. The van der Waals surface area contributed by atoms with Crippen LogP contribution in [-0.2, 0) is 11.8 Å². The first-order valence-electron chi connectivity index (χ1n) is 6.57. The minimum atomic E-state index is -0.572. The minimum absolute atomic E-state index is 0.0264. The molecule has 1 N–H and O–H groups in total. The maximum atomic E-state index is 11.9. The fourth-order valence-corrected chi connectivity index (χ4v) is 2.33. The zero-order valence-electron chi connectivity index (χ0n) is 12.4. The van der Waals surface area contributed by atoms with Gasteiger partial charge in [0, 0.05) is 7.05 Å². The lowest BCUT2D eigenvalue weighted by Gasteiger charge is -2.08. The van der Waals surface area contributed by atoms with E-state index in [0.29, 0.717) is 17.5 Å². The van der Waals surface area contributed by atoms with Crippen LogP contribution < -0.4 is 10.1 Å². The van der Waals surface area contributed by atoms with E-state index in [0.717, 1.165) is 11.8 Å². The lowest BCUT2D eigenvalue weighted by atomic mass is 10.2. The summed E-state index contributed by atoms with van der Waals surface area (Å²) in [4.78, 5) is 22.5. The van der Waals surface area contributed by atoms with E-state index in [1.54, 1.807) is 20.0 Å². The number of carbonyl (C=O) groups excluding carboxylic acids is 1. The molecule has 11 heteroatoms. The summed E-state index contributed by atoms with van der Waals surface area (Å²) >= 11 is 1.13. The number of nitrogens with one attached hydrogen (secondary N) is 1. The number of hydrogen-bond acceptors (Lipinski definition) is 8. The van der Waals surface area contributed by atoms with Gasteiger partial charge in [0.1, 0.15) is 11.4 Å². The second-order valence-corrected chi connectivity index (χ2v) is 5.23. The number of benzene rings is 1. The fourth-order valence-electron chi connectivity index (χ4n) is 1.68. The van der Waals surface area contributed by atoms with Crippen LogP contribution in [0.1, 0.15) is 6.92 Å². The van der Waals surface area contributed by atoms with Crippen LogP contribution in [0.15, 0.2) is 23.4 Å². The average molecular weight is 338 g/mol. The van der Waals surface area contributed by atoms with Crippen molar-refractivity contribution in [3.8, 4) is 5.75 Å². The summed E-state index contributed by atoms with van der Waals surface area (Å²) in [7, 11) is 1.65. The third-order valence-electron chi connectivity index (χ3n) is 2.66. The number of nitrogens with zero attached hydrogens (tertiary/aromatic N) is 5. The highest BCUT2D eigenvalue weighted by atomic mass is 32.2. The molecule has 0 fully saturated rings. The number of amides is 1. The van der Waals surface area contributed by atoms with Crippen molar-refractivity contribution in [1.29, 1.82) is 0 Å². The molecule has 0 atom stereocenters. The number of hydrogen-bond donors (Lipinski definition) is 1. The Kier molecular flexibility index (Phi) is 5.46. The quantitative estimate of drug-likeness (QED) is 0.454. The van der Waals surface area contributed by atoms with Crippen molar-refractivity contribution in [3.05, 3.63) is 28.3 Å². The van der Waals surface area contributed by atoms with E-state index < -0.39 is 10.8 Å². The Morgan fingerprint density at radius 2 is 2.30 bits per heavy atom. The van der Waals surface area contributed by atoms with Gasteiger partial charge in [-0.05, 0) is 29.5 Å². The second-order valence-electron chi connectivity index (χ2n) is 4.29. The summed E-state index contributed by atoms with van der Waals surface area (Å²) in [5.74, 6) is 0.000436. The van der Waals surface area contributed by atoms with Crippen molar-refractivity contribution < 1.29 is 14.5 Å². The number of nitro groups is 1. The Labute approximate surface area is 135 Å². The zero-order valence-corrected chi connectivity index (χ0v) is 13.2. The SMILES string of the molecule is CCOc1ccc(NC(=O)CSc2nnnn2C)c([N+](=O)[O-])c1. The van der Waals surface area contributed by atoms with Crippen LogP contribution in [0, 0.1) is 10.1 Å². The highest BCUT2D eigenvalue weighted by Gasteiger charge is 2.18. The van der Waals surface area contributed by atoms with E-state index in [1.807, 2.05) is 0 Å². The van der Waals surface area contributed by atoms with Gasteiger partial charge in [0.15, 0.2) is 0 Å². The molecule has 0 aliphatic heterocycles. The van der Waals surface area contributed by atoms with Crippen LogP contribution >= 0.6 is 11.8 Å². The number of anilines is 1. The van der Waals surface area contributed by atoms with Crippen molar-refractivity contribution in [2.24, 2.45) is 7.05 Å². The summed E-state index contributed by atoms with van der Waals surface area (Å²) in [5.41, 5.74) is -0.116. The number of thioether (sulfide) groups is 1. The Morgan fingerprint density at radius 1 is 1.52 bits per heavy atom. The number of rotatable bonds is 7. The van der Waals surface area contributed by atoms with Crippen molar-refractivity contribution >= 4 is 29.0 Å². The van der Waals surface area contributed by atoms with Gasteiger partial charge in [-0.25, -0.2) is 4.68 Å². The summed E-state index contributed by atoms with van der Waals surface area (Å²) in [6.07, 6.45) is 0. The molecule has 2 rings (SSSR count). The van der Waals surface area contributed by atoms with Crippen molar-refractivity contribution in [2.75, 3.05) is 17.7 Å². The molecule has 1 amide bonds. The van der Waals surface area contributed by atoms with Gasteiger partial charge in [-0.3, -0.25) is 14.9 Å². The van der Waals surface area contributed by atoms with E-state index in [2.05, 4.69) is 20.8 Å². The van der Waals surface area contributed by atoms with E-state index in [1.165, 1.54) is 16.8 Å². The molecule has 0 saturated heterocycles. The molecule has 2 aromatic rings. The fraction of sp³-hybridized carbons (Fsp3) is 0.333. The van der Waals surface area contributed by atoms with Crippen molar-refractivity contribution in [1.82, 2.24) is 20.2 Å². The molecule has 122 valence electrons. The number of ether oxygens (including phenoxy) is 1. The van der Waals surface area contributed by atoms with E-state index >= 15 is 0 Å². The highest BCUT2D eigenvalue weighted by Crippen LogP contribution is 2.29. The predicted octanol–water partition coefficient (Wildman–Crippen LogP) is 1.25. The lowest BCUT2D eigenvalue weighted by molar-refractivity contribution is -0.384. The average Bonchev–Trinajstić information content (AvgIpc) is 2.92. The Hall–Kier alpha value is -2.69. The largest absolute Gasteiger partial charge is 0.494 e. The number of carbonyl (C=O) groups is 1. The lowest BCUT2D eigenvalue weighted by Crippen LogP contribution is -2.15. The van der Waals surface area contributed by atoms with Gasteiger partial charge < -0.3 is 10.1 Å². The Morgan fingerprint density at radius 3 is 2.91 bits per heavy atom. The smallest absolute Gasteiger partial charge is 0.296 e. The minimum Gasteiger partial charge on any atom is -0.494 e. The van der Waals surface area contributed by atoms with Gasteiger partial charge >= 0.3 is 0 Å². The first-order chi connectivity index (χ1) is 11.0. The third kappa shape index (κ3) is 4.39. The van der Waals surface area contributed by atoms with Crippen LogP contribution in [0.4, 0.5) is 11.4 Å². The molecule has 0 unspecified atom stereocenters. The van der Waals surface area contributed by atoms with Crippen LogP contribution in [0.25, 0.3) is 0 Å². The molecule has 1 aromatic carbocycles. The molecule has 0 saturated carbocycles. The summed E-state index contributed by atoms with van der Waals surface area (Å²) in [6, 6.07) is 4.28. The zero-order chi connectivity index (χ0) is 16.8. The molecule has 0 bridgehead atoms. The predicted molar refractivity (Wildman–Crippen MR) is 82.4 cm³/mol. The third-order valence-corrected chi connectivity index (χ3v) is 3.68. The molecular formula is C12H14N6O4S. The van der Waals surface area contributed by atoms with E-state index in [-0.39, 0.29) is 17.1 Å². The summed E-state index contributed by atoms with van der Waals surface area (Å²) < 4.78 is 6.65. The van der Waals surface area contributed by atoms with Crippen LogP contribution in [0.5, 0.6) is 5.75 Å². The molecule has 10 nitrogen and oxygen atoms in total. The second kappa shape index (κ2) is 7.54. The van der Waals surface area contributed by atoms with Gasteiger partial charge in [0.05, 0.1) is 23.3 Å². The van der Waals surface area contributed by atoms with Crippen LogP contribution in [-0.4, -0.2) is 43.4 Å². The molecule has 0 aliphatic rings. The van der Waals surface area contributed by atoms with Crippen molar-refractivity contribution in [3.63, 3.8) is 0 Å². The Balaban J connectivity index is 2.05. The molecule has 0 aliphatic carbocycles. The highest BCUT2D eigenvalue weighted by molar-refractivity contribution is 7.99. The number of tetrazole rings is 1. The Bertz CT molecular complexity index is 719. The summed E-state index contributed by atoms with van der Waals surface area (Å²) in [5, 5.41) is 24.9. The topological polar surface area (TPSA) is 125 Å². The molecule has 0 spiro atoms. The van der Waals surface area contributed by atoms with Gasteiger partial charge in [-0.15, -0.1) is 5.10 Å². The molecule has 0 radical (unpaired) electrons. The van der Waals surface area contributed by atoms with Gasteiger partial charge in [0.2, 0.25) is 11.1 Å². The van der Waals surface area contributed by atoms with Gasteiger partial charge in [-0.2, -0.15) is 0 Å². The van der Waals surface area contributed by atoms with Gasteiger partial charge in [0.25, 0.3) is 5.69 Å². The van der Waals surface area contributed by atoms with E-state index in [9.17, 15) is 14.9 Å². The molecule has 23 heavy (non-hydrogen) atoms. The maximum absolute atomic E-state index is 11.9. The van der Waals surface area contributed by atoms with Gasteiger partial charge in [-0.1, -0.05) is 11.8 Å². The molecule has 1 heterocycles. The first-order valence-corrected chi connectivity index (χ1v) is 7.56. The van der Waals surface area contributed by atoms with Crippen LogP contribution in [0.3, 0.4) is 0 Å². The monoisotopic (exact) mass is 338 g/mol. The molecule has 1 aromatic heterocycles. The first kappa shape index (κ1) is 16.7.